The highest BCUT2D eigenvalue weighted by Gasteiger charge is 2.13. The molecule has 0 spiro atoms. The molecule has 1 aromatic carbocycles. The van der Waals surface area contributed by atoms with Crippen LogP contribution < -0.4 is 0 Å². The Morgan fingerprint density at radius 1 is 0.826 bits per heavy atom. The van der Waals surface area contributed by atoms with E-state index < -0.39 is 10.1 Å². The van der Waals surface area contributed by atoms with Gasteiger partial charge < -0.3 is 5.48 Å². The first-order valence-corrected chi connectivity index (χ1v) is 10.0. The largest absolute Gasteiger partial charge is 0.412 e. The first-order valence-electron chi connectivity index (χ1n) is 8.61. The van der Waals surface area contributed by atoms with E-state index in [1.54, 1.807) is 12.1 Å². The van der Waals surface area contributed by atoms with Crippen LogP contribution in [0.5, 0.6) is 0 Å². The molecule has 0 radical (unpaired) electrons. The van der Waals surface area contributed by atoms with Crippen molar-refractivity contribution in [1.82, 2.24) is 0 Å². The molecule has 23 heavy (non-hydrogen) atoms. The highest BCUT2D eigenvalue weighted by molar-refractivity contribution is 7.85. The van der Waals surface area contributed by atoms with Gasteiger partial charge in [-0.15, -0.1) is 0 Å². The zero-order valence-corrected chi connectivity index (χ0v) is 15.1. The molecule has 0 aliphatic rings. The molecular weight excluding hydrogens is 312 g/mol. The molecule has 3 N–H and O–H groups in total. The fourth-order valence-corrected chi connectivity index (χ4v) is 3.52. The van der Waals surface area contributed by atoms with E-state index >= 15 is 0 Å². The van der Waals surface area contributed by atoms with E-state index in [0.29, 0.717) is 6.42 Å². The Kier molecular flexibility index (Phi) is 12.0. The van der Waals surface area contributed by atoms with Gasteiger partial charge in [0.05, 0.1) is 4.90 Å². The van der Waals surface area contributed by atoms with Crippen LogP contribution in [-0.2, 0) is 16.5 Å². The van der Waals surface area contributed by atoms with Gasteiger partial charge in [-0.3, -0.25) is 4.55 Å². The molecule has 0 heterocycles. The van der Waals surface area contributed by atoms with Crippen molar-refractivity contribution < 1.29 is 18.4 Å². The van der Waals surface area contributed by atoms with Crippen molar-refractivity contribution in [2.45, 2.75) is 82.4 Å². The molecule has 0 aliphatic heterocycles. The van der Waals surface area contributed by atoms with Crippen LogP contribution in [0.3, 0.4) is 0 Å². The lowest BCUT2D eigenvalue weighted by Crippen LogP contribution is -2.03. The van der Waals surface area contributed by atoms with Crippen molar-refractivity contribution in [2.75, 3.05) is 0 Å². The summed E-state index contributed by atoms with van der Waals surface area (Å²) in [6.45, 7) is 2.24. The van der Waals surface area contributed by atoms with Crippen molar-refractivity contribution >= 4 is 10.1 Å². The van der Waals surface area contributed by atoms with Crippen molar-refractivity contribution in [1.29, 1.82) is 0 Å². The lowest BCUT2D eigenvalue weighted by molar-refractivity contribution is 0.481. The summed E-state index contributed by atoms with van der Waals surface area (Å²) in [6.07, 6.45) is 13.3. The van der Waals surface area contributed by atoms with E-state index in [1.807, 2.05) is 6.07 Å². The predicted molar refractivity (Wildman–Crippen MR) is 95.4 cm³/mol. The maximum absolute atomic E-state index is 11.3. The summed E-state index contributed by atoms with van der Waals surface area (Å²) in [4.78, 5) is 0.0610. The van der Waals surface area contributed by atoms with Gasteiger partial charge in [0.1, 0.15) is 0 Å². The molecule has 0 aromatic heterocycles. The second-order valence-electron chi connectivity index (χ2n) is 6.01. The van der Waals surface area contributed by atoms with Crippen LogP contribution in [0, 0.1) is 0 Å². The summed E-state index contributed by atoms with van der Waals surface area (Å²) >= 11 is 0. The van der Waals surface area contributed by atoms with Crippen LogP contribution >= 0.6 is 0 Å². The minimum absolute atomic E-state index is 0. The van der Waals surface area contributed by atoms with Crippen molar-refractivity contribution in [3.05, 3.63) is 29.8 Å². The van der Waals surface area contributed by atoms with Gasteiger partial charge in [0.2, 0.25) is 0 Å². The summed E-state index contributed by atoms with van der Waals surface area (Å²) in [5.41, 5.74) is 0.726. The van der Waals surface area contributed by atoms with Crippen LogP contribution in [0.25, 0.3) is 0 Å². The molecule has 1 rings (SSSR count). The van der Waals surface area contributed by atoms with Gasteiger partial charge in [0.15, 0.2) is 0 Å². The van der Waals surface area contributed by atoms with E-state index in [1.165, 1.54) is 57.4 Å². The van der Waals surface area contributed by atoms with E-state index in [4.69, 9.17) is 0 Å². The first-order chi connectivity index (χ1) is 10.6. The summed E-state index contributed by atoms with van der Waals surface area (Å²) < 4.78 is 31.8. The Balaban J connectivity index is 0.00000484. The van der Waals surface area contributed by atoms with Gasteiger partial charge >= 0.3 is 0 Å². The molecule has 0 amide bonds. The van der Waals surface area contributed by atoms with Crippen molar-refractivity contribution in [2.24, 2.45) is 0 Å². The predicted octanol–water partition coefficient (Wildman–Crippen LogP) is 4.57. The average Bonchev–Trinajstić information content (AvgIpc) is 2.48. The summed E-state index contributed by atoms with van der Waals surface area (Å²) in [6, 6.07) is 6.73. The third-order valence-electron chi connectivity index (χ3n) is 4.05. The minimum Gasteiger partial charge on any atom is -0.412 e. The summed E-state index contributed by atoms with van der Waals surface area (Å²) in [5, 5.41) is 0. The minimum atomic E-state index is -4.10. The van der Waals surface area contributed by atoms with Crippen LogP contribution in [0.2, 0.25) is 0 Å². The fraction of sp³-hybridized carbons (Fsp3) is 0.667. The molecule has 134 valence electrons. The molecule has 0 saturated heterocycles. The number of unbranched alkanes of at least 4 members (excludes halogenated alkanes) is 9. The van der Waals surface area contributed by atoms with Crippen LogP contribution in [0.1, 0.15) is 76.7 Å². The van der Waals surface area contributed by atoms with Gasteiger partial charge in [0, 0.05) is 0 Å². The van der Waals surface area contributed by atoms with Gasteiger partial charge in [-0.05, 0) is 24.5 Å². The second-order valence-corrected chi connectivity index (χ2v) is 7.40. The number of rotatable bonds is 12. The maximum atomic E-state index is 11.3. The van der Waals surface area contributed by atoms with Gasteiger partial charge in [-0.25, -0.2) is 0 Å². The molecule has 0 bridgehead atoms. The highest BCUT2D eigenvalue weighted by atomic mass is 32.2. The quantitative estimate of drug-likeness (QED) is 0.445. The number of benzene rings is 1. The topological polar surface area (TPSA) is 85.9 Å². The molecular formula is C18H32O4S. The first kappa shape index (κ1) is 22.1. The van der Waals surface area contributed by atoms with Crippen molar-refractivity contribution in [3.8, 4) is 0 Å². The molecule has 1 aromatic rings. The molecule has 0 aliphatic carbocycles. The summed E-state index contributed by atoms with van der Waals surface area (Å²) in [5.74, 6) is 0. The number of hydrogen-bond donors (Lipinski definition) is 1. The molecule has 0 atom stereocenters. The Bertz CT molecular complexity index is 512. The maximum Gasteiger partial charge on any atom is 0.294 e. The Morgan fingerprint density at radius 3 is 1.83 bits per heavy atom. The average molecular weight is 345 g/mol. The molecule has 0 fully saturated rings. The van der Waals surface area contributed by atoms with Crippen LogP contribution in [0.15, 0.2) is 29.2 Å². The number of aryl methyl sites for hydroxylation is 1. The van der Waals surface area contributed by atoms with Gasteiger partial charge in [-0.2, -0.15) is 8.42 Å². The van der Waals surface area contributed by atoms with E-state index in [2.05, 4.69) is 6.92 Å². The van der Waals surface area contributed by atoms with E-state index in [-0.39, 0.29) is 10.4 Å². The zero-order valence-electron chi connectivity index (χ0n) is 14.3. The second kappa shape index (κ2) is 12.5. The van der Waals surface area contributed by atoms with E-state index in [0.717, 1.165) is 18.4 Å². The third kappa shape index (κ3) is 9.74. The zero-order chi connectivity index (χ0) is 16.3. The SMILES string of the molecule is CCCCCCCCCCCCc1ccccc1S(=O)(=O)O.O. The Labute approximate surface area is 141 Å². The van der Waals surface area contributed by atoms with Crippen LogP contribution in [-0.4, -0.2) is 18.4 Å². The van der Waals surface area contributed by atoms with E-state index in [9.17, 15) is 13.0 Å². The Morgan fingerprint density at radius 2 is 1.30 bits per heavy atom. The third-order valence-corrected chi connectivity index (χ3v) is 5.00. The summed E-state index contributed by atoms with van der Waals surface area (Å²) in [7, 11) is -4.10. The molecule has 4 nitrogen and oxygen atoms in total. The molecule has 0 unspecified atom stereocenters. The monoisotopic (exact) mass is 344 g/mol. The number of hydrogen-bond acceptors (Lipinski definition) is 2. The van der Waals surface area contributed by atoms with Gasteiger partial charge in [0.25, 0.3) is 10.1 Å². The molecule has 0 saturated carbocycles. The van der Waals surface area contributed by atoms with Crippen molar-refractivity contribution in [3.63, 3.8) is 0 Å². The van der Waals surface area contributed by atoms with Gasteiger partial charge in [-0.1, -0.05) is 82.9 Å². The smallest absolute Gasteiger partial charge is 0.294 e. The standard InChI is InChI=1S/C18H30O3S.H2O/c1-2-3-4-5-6-7-8-9-10-11-14-17-15-12-13-16-18(17)22(19,20)21;/h12-13,15-16H,2-11,14H2,1H3,(H,19,20,21);1H2. The fourth-order valence-electron chi connectivity index (χ4n) is 2.76. The molecule has 5 heteroatoms. The normalized spacial score (nSPS) is 11.2. The highest BCUT2D eigenvalue weighted by Crippen LogP contribution is 2.18. The lowest BCUT2D eigenvalue weighted by Gasteiger charge is -2.07. The Hall–Kier alpha value is -0.910. The van der Waals surface area contributed by atoms with Crippen LogP contribution in [0.4, 0.5) is 0 Å². The lowest BCUT2D eigenvalue weighted by atomic mass is 10.0.